The van der Waals surface area contributed by atoms with Gasteiger partial charge in [-0.2, -0.15) is 0 Å². The molecule has 0 radical (unpaired) electrons. The third-order valence-corrected chi connectivity index (χ3v) is 3.65. The zero-order valence-corrected chi connectivity index (χ0v) is 13.2. The Morgan fingerprint density at radius 3 is 1.47 bits per heavy atom. The summed E-state index contributed by atoms with van der Waals surface area (Å²) in [7, 11) is 0. The maximum atomic E-state index is 8.67. The van der Waals surface area contributed by atoms with Crippen LogP contribution in [0.4, 0.5) is 0 Å². The highest BCUT2D eigenvalue weighted by Gasteiger charge is 1.92. The van der Waals surface area contributed by atoms with E-state index in [0.717, 1.165) is 6.42 Å². The quantitative estimate of drug-likeness (QED) is 0.284. The fourth-order valence-electron chi connectivity index (χ4n) is 2.37. The summed E-state index contributed by atoms with van der Waals surface area (Å²) in [4.78, 5) is 0. The van der Waals surface area contributed by atoms with Crippen LogP contribution in [0.2, 0.25) is 0 Å². The van der Waals surface area contributed by atoms with Crippen molar-refractivity contribution in [1.82, 2.24) is 0 Å². The SMILES string of the molecule is CCC/C=C\CCCCCCCCCCCCCO. The standard InChI is InChI=1S/C18H36O/c1-2-3-4-5-6-7-8-9-10-11-12-13-14-15-16-17-18-19/h4-5,19H,2-3,6-18H2,1H3/b5-4-. The molecule has 0 saturated carbocycles. The van der Waals surface area contributed by atoms with Gasteiger partial charge in [-0.1, -0.05) is 83.3 Å². The number of aliphatic hydroxyl groups is 1. The summed E-state index contributed by atoms with van der Waals surface area (Å²) in [6.07, 6.45) is 23.2. The minimum atomic E-state index is 0.369. The van der Waals surface area contributed by atoms with E-state index in [-0.39, 0.29) is 0 Å². The lowest BCUT2D eigenvalue weighted by Crippen LogP contribution is -1.84. The van der Waals surface area contributed by atoms with Crippen LogP contribution in [0.5, 0.6) is 0 Å². The van der Waals surface area contributed by atoms with E-state index >= 15 is 0 Å². The minimum absolute atomic E-state index is 0.369. The van der Waals surface area contributed by atoms with Crippen LogP contribution >= 0.6 is 0 Å². The molecule has 0 aromatic carbocycles. The molecule has 114 valence electrons. The number of unbranched alkanes of at least 4 members (excludes halogenated alkanes) is 12. The van der Waals surface area contributed by atoms with Crippen LogP contribution in [-0.2, 0) is 0 Å². The van der Waals surface area contributed by atoms with Crippen molar-refractivity contribution in [3.63, 3.8) is 0 Å². The Labute approximate surface area is 121 Å². The van der Waals surface area contributed by atoms with Crippen molar-refractivity contribution in [2.45, 2.75) is 96.8 Å². The highest BCUT2D eigenvalue weighted by atomic mass is 16.2. The fourth-order valence-corrected chi connectivity index (χ4v) is 2.37. The maximum Gasteiger partial charge on any atom is 0.0431 e. The number of hydrogen-bond acceptors (Lipinski definition) is 1. The molecule has 0 aromatic rings. The van der Waals surface area contributed by atoms with Gasteiger partial charge >= 0.3 is 0 Å². The normalized spacial score (nSPS) is 11.5. The summed E-state index contributed by atoms with van der Waals surface area (Å²) in [6, 6.07) is 0. The van der Waals surface area contributed by atoms with Crippen LogP contribution < -0.4 is 0 Å². The van der Waals surface area contributed by atoms with Gasteiger partial charge < -0.3 is 5.11 Å². The van der Waals surface area contributed by atoms with Gasteiger partial charge in [-0.25, -0.2) is 0 Å². The summed E-state index contributed by atoms with van der Waals surface area (Å²) in [5.74, 6) is 0. The number of allylic oxidation sites excluding steroid dienone is 2. The fraction of sp³-hybridized carbons (Fsp3) is 0.889. The molecule has 0 bridgehead atoms. The van der Waals surface area contributed by atoms with E-state index < -0.39 is 0 Å². The molecular weight excluding hydrogens is 232 g/mol. The first-order valence-electron chi connectivity index (χ1n) is 8.67. The van der Waals surface area contributed by atoms with Crippen LogP contribution in [0, 0.1) is 0 Å². The number of rotatable bonds is 15. The smallest absolute Gasteiger partial charge is 0.0431 e. The van der Waals surface area contributed by atoms with Crippen LogP contribution in [0.1, 0.15) is 96.8 Å². The third kappa shape index (κ3) is 17.7. The summed E-state index contributed by atoms with van der Waals surface area (Å²) in [5.41, 5.74) is 0. The van der Waals surface area contributed by atoms with E-state index in [1.807, 2.05) is 0 Å². The molecular formula is C18H36O. The van der Waals surface area contributed by atoms with Gasteiger partial charge in [-0.05, 0) is 25.7 Å². The summed E-state index contributed by atoms with van der Waals surface area (Å²) >= 11 is 0. The second kappa shape index (κ2) is 17.7. The summed E-state index contributed by atoms with van der Waals surface area (Å²) < 4.78 is 0. The minimum Gasteiger partial charge on any atom is -0.396 e. The summed E-state index contributed by atoms with van der Waals surface area (Å²) in [6.45, 7) is 2.60. The van der Waals surface area contributed by atoms with Crippen molar-refractivity contribution in [3.8, 4) is 0 Å². The first kappa shape index (κ1) is 18.7. The van der Waals surface area contributed by atoms with Crippen molar-refractivity contribution < 1.29 is 5.11 Å². The average Bonchev–Trinajstić information content (AvgIpc) is 2.43. The zero-order chi connectivity index (χ0) is 14.0. The number of aliphatic hydroxyl groups excluding tert-OH is 1. The Bertz CT molecular complexity index is 175. The van der Waals surface area contributed by atoms with Gasteiger partial charge in [0.25, 0.3) is 0 Å². The Morgan fingerprint density at radius 1 is 0.579 bits per heavy atom. The Hall–Kier alpha value is -0.300. The molecule has 0 rings (SSSR count). The van der Waals surface area contributed by atoms with Crippen molar-refractivity contribution in [2.24, 2.45) is 0 Å². The van der Waals surface area contributed by atoms with Crippen molar-refractivity contribution in [2.75, 3.05) is 6.61 Å². The molecule has 0 saturated heterocycles. The van der Waals surface area contributed by atoms with E-state index in [0.29, 0.717) is 6.61 Å². The molecule has 0 heterocycles. The molecule has 0 aromatic heterocycles. The van der Waals surface area contributed by atoms with E-state index in [4.69, 9.17) is 5.11 Å². The van der Waals surface area contributed by atoms with Gasteiger partial charge in [0.1, 0.15) is 0 Å². The lowest BCUT2D eigenvalue weighted by molar-refractivity contribution is 0.282. The predicted octanol–water partition coefficient (Wildman–Crippen LogP) is 6.02. The Kier molecular flexibility index (Phi) is 17.4. The molecule has 0 amide bonds. The molecule has 0 atom stereocenters. The topological polar surface area (TPSA) is 20.2 Å². The highest BCUT2D eigenvalue weighted by Crippen LogP contribution is 2.12. The van der Waals surface area contributed by atoms with Gasteiger partial charge in [0.2, 0.25) is 0 Å². The zero-order valence-electron chi connectivity index (χ0n) is 13.2. The maximum absolute atomic E-state index is 8.67. The van der Waals surface area contributed by atoms with E-state index in [9.17, 15) is 0 Å². The van der Waals surface area contributed by atoms with Crippen molar-refractivity contribution >= 4 is 0 Å². The Balaban J connectivity index is 2.95. The first-order valence-corrected chi connectivity index (χ1v) is 8.67. The second-order valence-corrected chi connectivity index (χ2v) is 5.66. The molecule has 0 spiro atoms. The molecule has 19 heavy (non-hydrogen) atoms. The predicted molar refractivity (Wildman–Crippen MR) is 86.5 cm³/mol. The molecule has 0 aliphatic rings. The molecule has 0 fully saturated rings. The van der Waals surface area contributed by atoms with Gasteiger partial charge in [0.15, 0.2) is 0 Å². The molecule has 0 aliphatic carbocycles. The molecule has 1 heteroatoms. The average molecular weight is 268 g/mol. The third-order valence-electron chi connectivity index (χ3n) is 3.65. The van der Waals surface area contributed by atoms with Gasteiger partial charge in [-0.15, -0.1) is 0 Å². The van der Waals surface area contributed by atoms with Gasteiger partial charge in [0.05, 0.1) is 0 Å². The second-order valence-electron chi connectivity index (χ2n) is 5.66. The van der Waals surface area contributed by atoms with E-state index in [1.165, 1.54) is 83.5 Å². The molecule has 1 N–H and O–H groups in total. The van der Waals surface area contributed by atoms with Gasteiger partial charge in [0, 0.05) is 6.61 Å². The monoisotopic (exact) mass is 268 g/mol. The van der Waals surface area contributed by atoms with Crippen molar-refractivity contribution in [1.29, 1.82) is 0 Å². The van der Waals surface area contributed by atoms with E-state index in [1.54, 1.807) is 0 Å². The van der Waals surface area contributed by atoms with Crippen LogP contribution in [0.15, 0.2) is 12.2 Å². The number of hydrogen-bond donors (Lipinski definition) is 1. The van der Waals surface area contributed by atoms with Gasteiger partial charge in [-0.3, -0.25) is 0 Å². The molecule has 1 nitrogen and oxygen atoms in total. The van der Waals surface area contributed by atoms with Crippen LogP contribution in [-0.4, -0.2) is 11.7 Å². The van der Waals surface area contributed by atoms with E-state index in [2.05, 4.69) is 19.1 Å². The lowest BCUT2D eigenvalue weighted by Gasteiger charge is -2.02. The molecule has 0 unspecified atom stereocenters. The molecule has 0 aliphatic heterocycles. The van der Waals surface area contributed by atoms with Crippen LogP contribution in [0.25, 0.3) is 0 Å². The largest absolute Gasteiger partial charge is 0.396 e. The Morgan fingerprint density at radius 2 is 1.00 bits per heavy atom. The summed E-state index contributed by atoms with van der Waals surface area (Å²) in [5, 5.41) is 8.67. The lowest BCUT2D eigenvalue weighted by atomic mass is 10.1. The highest BCUT2D eigenvalue weighted by molar-refractivity contribution is 4.80. The van der Waals surface area contributed by atoms with Crippen molar-refractivity contribution in [3.05, 3.63) is 12.2 Å². The van der Waals surface area contributed by atoms with Crippen LogP contribution in [0.3, 0.4) is 0 Å². The first-order chi connectivity index (χ1) is 9.41.